The molecule has 11 heavy (non-hydrogen) atoms. The van der Waals surface area contributed by atoms with Crippen molar-refractivity contribution in [3.63, 3.8) is 0 Å². The highest BCUT2D eigenvalue weighted by atomic mass is 14.8. The molecule has 62 valence electrons. The van der Waals surface area contributed by atoms with Crippen molar-refractivity contribution in [3.8, 4) is 0 Å². The monoisotopic (exact) mass is 151 g/mol. The molecule has 0 aliphatic carbocycles. The fraction of sp³-hybridized carbons (Fsp3) is 0.600. The van der Waals surface area contributed by atoms with Crippen molar-refractivity contribution in [3.05, 3.63) is 23.4 Å². The first-order valence-corrected chi connectivity index (χ1v) is 4.37. The van der Waals surface area contributed by atoms with Crippen LogP contribution in [-0.2, 0) is 0 Å². The van der Waals surface area contributed by atoms with Crippen molar-refractivity contribution < 1.29 is 0 Å². The molecule has 1 heteroatoms. The lowest BCUT2D eigenvalue weighted by molar-refractivity contribution is 0.747. The van der Waals surface area contributed by atoms with E-state index in [1.165, 1.54) is 11.1 Å². The maximum Gasteiger partial charge on any atom is 0.0357 e. The molecule has 0 saturated carbocycles. The van der Waals surface area contributed by atoms with E-state index in [0.717, 1.165) is 13.0 Å². The molecule has 0 radical (unpaired) electrons. The Morgan fingerprint density at radius 3 is 2.82 bits per heavy atom. The van der Waals surface area contributed by atoms with E-state index < -0.39 is 0 Å². The zero-order valence-electron chi connectivity index (χ0n) is 7.65. The van der Waals surface area contributed by atoms with Gasteiger partial charge in [0.1, 0.15) is 0 Å². The molecule has 1 aliphatic rings. The van der Waals surface area contributed by atoms with Crippen molar-refractivity contribution in [2.45, 2.75) is 27.2 Å². The lowest BCUT2D eigenvalue weighted by Crippen LogP contribution is -2.16. The van der Waals surface area contributed by atoms with Gasteiger partial charge in [-0.3, -0.25) is 0 Å². The van der Waals surface area contributed by atoms with Crippen LogP contribution in [-0.4, -0.2) is 6.54 Å². The van der Waals surface area contributed by atoms with Gasteiger partial charge in [-0.2, -0.15) is 0 Å². The second-order valence-electron chi connectivity index (χ2n) is 3.34. The van der Waals surface area contributed by atoms with Crippen LogP contribution in [0.15, 0.2) is 23.4 Å². The minimum absolute atomic E-state index is 0.643. The summed E-state index contributed by atoms with van der Waals surface area (Å²) in [4.78, 5) is 0. The zero-order valence-corrected chi connectivity index (χ0v) is 7.65. The Bertz CT molecular complexity index is 187. The number of hydrogen-bond acceptors (Lipinski definition) is 1. The summed E-state index contributed by atoms with van der Waals surface area (Å²) in [7, 11) is 0. The predicted molar refractivity (Wildman–Crippen MR) is 49.3 cm³/mol. The van der Waals surface area contributed by atoms with Crippen molar-refractivity contribution in [1.29, 1.82) is 0 Å². The molecule has 0 aromatic rings. The minimum Gasteiger partial charge on any atom is -0.387 e. The van der Waals surface area contributed by atoms with E-state index in [1.54, 1.807) is 0 Å². The van der Waals surface area contributed by atoms with Gasteiger partial charge in [0.2, 0.25) is 0 Å². The summed E-state index contributed by atoms with van der Waals surface area (Å²) in [6.45, 7) is 7.69. The van der Waals surface area contributed by atoms with Gasteiger partial charge in [0, 0.05) is 12.7 Å². The largest absolute Gasteiger partial charge is 0.387 e. The quantitative estimate of drug-likeness (QED) is 0.639. The molecule has 1 heterocycles. The van der Waals surface area contributed by atoms with Crippen LogP contribution >= 0.6 is 0 Å². The van der Waals surface area contributed by atoms with Gasteiger partial charge in [0.15, 0.2) is 0 Å². The van der Waals surface area contributed by atoms with E-state index in [1.807, 2.05) is 0 Å². The molecule has 0 atom stereocenters. The van der Waals surface area contributed by atoms with Gasteiger partial charge in [-0.15, -0.1) is 0 Å². The van der Waals surface area contributed by atoms with Crippen LogP contribution < -0.4 is 5.32 Å². The topological polar surface area (TPSA) is 12.0 Å². The highest BCUT2D eigenvalue weighted by Gasteiger charge is 2.05. The standard InChI is InChI=1S/C10H17N/c1-4-9-5-10(8(2)3)7-11-6-9/h5,7-8,11H,4,6H2,1-3H3. The van der Waals surface area contributed by atoms with E-state index in [4.69, 9.17) is 0 Å². The highest BCUT2D eigenvalue weighted by Crippen LogP contribution is 2.16. The lowest BCUT2D eigenvalue weighted by Gasteiger charge is -2.16. The molecule has 1 nitrogen and oxygen atoms in total. The fourth-order valence-corrected chi connectivity index (χ4v) is 1.19. The van der Waals surface area contributed by atoms with E-state index >= 15 is 0 Å². The van der Waals surface area contributed by atoms with Crippen LogP contribution in [0.3, 0.4) is 0 Å². The molecular formula is C10H17N. The Balaban J connectivity index is 2.68. The number of dihydropyridines is 1. The molecule has 1 rings (SSSR count). The second kappa shape index (κ2) is 3.61. The molecule has 0 amide bonds. The minimum atomic E-state index is 0.643. The van der Waals surface area contributed by atoms with E-state index in [2.05, 4.69) is 38.4 Å². The molecule has 0 saturated heterocycles. The maximum absolute atomic E-state index is 3.29. The van der Waals surface area contributed by atoms with Crippen LogP contribution in [0.1, 0.15) is 27.2 Å². The average molecular weight is 151 g/mol. The van der Waals surface area contributed by atoms with Crippen molar-refractivity contribution in [2.24, 2.45) is 5.92 Å². The summed E-state index contributed by atoms with van der Waals surface area (Å²) >= 11 is 0. The first-order valence-electron chi connectivity index (χ1n) is 4.37. The summed E-state index contributed by atoms with van der Waals surface area (Å²) in [5.74, 6) is 0.643. The smallest absolute Gasteiger partial charge is 0.0357 e. The summed E-state index contributed by atoms with van der Waals surface area (Å²) in [6.07, 6.45) is 5.61. The molecule has 1 aliphatic heterocycles. The molecule has 1 N–H and O–H groups in total. The van der Waals surface area contributed by atoms with Gasteiger partial charge >= 0.3 is 0 Å². The summed E-state index contributed by atoms with van der Waals surface area (Å²) in [5, 5.41) is 3.29. The SMILES string of the molecule is CCC1=CC(C(C)C)=CNC1. The Morgan fingerprint density at radius 2 is 2.27 bits per heavy atom. The number of rotatable bonds is 2. The van der Waals surface area contributed by atoms with Crippen LogP contribution in [0.4, 0.5) is 0 Å². The van der Waals surface area contributed by atoms with E-state index in [0.29, 0.717) is 5.92 Å². The predicted octanol–water partition coefficient (Wildman–Crippen LogP) is 2.47. The number of hydrogen-bond donors (Lipinski definition) is 1. The number of nitrogens with one attached hydrogen (secondary N) is 1. The molecular weight excluding hydrogens is 134 g/mol. The fourth-order valence-electron chi connectivity index (χ4n) is 1.19. The van der Waals surface area contributed by atoms with Gasteiger partial charge in [0.05, 0.1) is 0 Å². The van der Waals surface area contributed by atoms with Crippen molar-refractivity contribution in [2.75, 3.05) is 6.54 Å². The molecule has 0 aromatic heterocycles. The van der Waals surface area contributed by atoms with Gasteiger partial charge in [-0.1, -0.05) is 32.4 Å². The summed E-state index contributed by atoms with van der Waals surface area (Å²) in [5.41, 5.74) is 2.93. The molecule has 0 fully saturated rings. The number of allylic oxidation sites excluding steroid dienone is 2. The van der Waals surface area contributed by atoms with Crippen LogP contribution in [0.5, 0.6) is 0 Å². The van der Waals surface area contributed by atoms with Crippen molar-refractivity contribution in [1.82, 2.24) is 5.32 Å². The van der Waals surface area contributed by atoms with Gasteiger partial charge in [-0.25, -0.2) is 0 Å². The van der Waals surface area contributed by atoms with Gasteiger partial charge in [0.25, 0.3) is 0 Å². The maximum atomic E-state index is 3.29. The van der Waals surface area contributed by atoms with Crippen LogP contribution in [0.2, 0.25) is 0 Å². The first kappa shape index (κ1) is 8.38. The molecule has 0 aromatic carbocycles. The Labute approximate surface area is 69.2 Å². The van der Waals surface area contributed by atoms with E-state index in [9.17, 15) is 0 Å². The normalized spacial score (nSPS) is 17.5. The summed E-state index contributed by atoms with van der Waals surface area (Å²) < 4.78 is 0. The third-order valence-electron chi connectivity index (χ3n) is 2.09. The van der Waals surface area contributed by atoms with Gasteiger partial charge in [-0.05, 0) is 17.9 Å². The van der Waals surface area contributed by atoms with E-state index in [-0.39, 0.29) is 0 Å². The average Bonchev–Trinajstić information content (AvgIpc) is 2.05. The lowest BCUT2D eigenvalue weighted by atomic mass is 9.98. The third kappa shape index (κ3) is 2.11. The Hall–Kier alpha value is -0.720. The van der Waals surface area contributed by atoms with Gasteiger partial charge < -0.3 is 5.32 Å². The summed E-state index contributed by atoms with van der Waals surface area (Å²) in [6, 6.07) is 0. The second-order valence-corrected chi connectivity index (χ2v) is 3.34. The molecule has 0 spiro atoms. The third-order valence-corrected chi connectivity index (χ3v) is 2.09. The van der Waals surface area contributed by atoms with Crippen molar-refractivity contribution >= 4 is 0 Å². The zero-order chi connectivity index (χ0) is 8.27. The first-order chi connectivity index (χ1) is 5.24. The highest BCUT2D eigenvalue weighted by molar-refractivity contribution is 5.28. The molecule has 0 unspecified atom stereocenters. The van der Waals surface area contributed by atoms with Crippen LogP contribution in [0.25, 0.3) is 0 Å². The Morgan fingerprint density at radius 1 is 1.55 bits per heavy atom. The van der Waals surface area contributed by atoms with Crippen LogP contribution in [0, 0.1) is 5.92 Å². The Kier molecular flexibility index (Phi) is 2.75. The molecule has 0 bridgehead atoms.